The third-order valence-corrected chi connectivity index (χ3v) is 3.41. The van der Waals surface area contributed by atoms with Gasteiger partial charge in [0.05, 0.1) is 16.6 Å². The highest BCUT2D eigenvalue weighted by atomic mass is 35.5. The van der Waals surface area contributed by atoms with E-state index in [0.29, 0.717) is 12.0 Å². The van der Waals surface area contributed by atoms with Crippen molar-refractivity contribution in [3.8, 4) is 0 Å². The predicted molar refractivity (Wildman–Crippen MR) is 64.6 cm³/mol. The second-order valence-corrected chi connectivity index (χ2v) is 4.88. The Kier molecular flexibility index (Phi) is 3.85. The third-order valence-electron chi connectivity index (χ3n) is 3.09. The first-order valence-electron chi connectivity index (χ1n) is 5.67. The molecular formula is C12H12ClF3N2O. The molecule has 1 fully saturated rings. The number of hydrogen-bond donors (Lipinski definition) is 2. The molecule has 104 valence electrons. The Morgan fingerprint density at radius 3 is 2.53 bits per heavy atom. The zero-order valence-electron chi connectivity index (χ0n) is 10.0. The molecule has 0 bridgehead atoms. The molecule has 19 heavy (non-hydrogen) atoms. The van der Waals surface area contributed by atoms with Crippen LogP contribution in [-0.4, -0.2) is 11.8 Å². The van der Waals surface area contributed by atoms with Crippen molar-refractivity contribution in [1.29, 1.82) is 0 Å². The van der Waals surface area contributed by atoms with Gasteiger partial charge in [-0.05, 0) is 31.0 Å². The van der Waals surface area contributed by atoms with Crippen LogP contribution in [0.15, 0.2) is 18.2 Å². The summed E-state index contributed by atoms with van der Waals surface area (Å²) in [4.78, 5) is 11.2. The van der Waals surface area contributed by atoms with Crippen molar-refractivity contribution >= 4 is 17.4 Å². The summed E-state index contributed by atoms with van der Waals surface area (Å²) >= 11 is 5.66. The lowest BCUT2D eigenvalue weighted by molar-refractivity contribution is -0.137. The van der Waals surface area contributed by atoms with Gasteiger partial charge in [0, 0.05) is 6.04 Å². The van der Waals surface area contributed by atoms with Crippen LogP contribution in [0.5, 0.6) is 0 Å². The van der Waals surface area contributed by atoms with Gasteiger partial charge in [-0.15, -0.1) is 0 Å². The van der Waals surface area contributed by atoms with E-state index in [2.05, 4.69) is 10.9 Å². The molecule has 1 aliphatic rings. The molecule has 0 aliphatic carbocycles. The topological polar surface area (TPSA) is 41.1 Å². The Labute approximate surface area is 113 Å². The molecule has 2 atom stereocenters. The van der Waals surface area contributed by atoms with Gasteiger partial charge in [-0.2, -0.15) is 13.2 Å². The number of alkyl halides is 3. The number of Topliss-reactive ketones (excluding diaryl/α,β-unsaturated/α-hetero) is 1. The minimum absolute atomic E-state index is 0.0204. The molecule has 2 N–H and O–H groups in total. The van der Waals surface area contributed by atoms with Crippen LogP contribution < -0.4 is 10.9 Å². The molecule has 0 aromatic heterocycles. The highest BCUT2D eigenvalue weighted by Crippen LogP contribution is 2.36. The molecule has 2 unspecified atom stereocenters. The first-order valence-corrected chi connectivity index (χ1v) is 6.05. The van der Waals surface area contributed by atoms with Crippen LogP contribution in [0, 0.1) is 0 Å². The Balaban J connectivity index is 2.20. The molecule has 7 heteroatoms. The zero-order chi connectivity index (χ0) is 14.2. The van der Waals surface area contributed by atoms with Gasteiger partial charge in [0.25, 0.3) is 0 Å². The molecule has 1 aliphatic heterocycles. The molecule has 1 aromatic rings. The molecule has 1 aromatic carbocycles. The summed E-state index contributed by atoms with van der Waals surface area (Å²) in [5, 5.41) is -0.335. The molecule has 0 radical (unpaired) electrons. The number of hydrazine groups is 1. The molecule has 1 saturated heterocycles. The van der Waals surface area contributed by atoms with Crippen molar-refractivity contribution in [2.75, 3.05) is 0 Å². The van der Waals surface area contributed by atoms with Crippen molar-refractivity contribution in [3.05, 3.63) is 34.3 Å². The minimum atomic E-state index is -4.46. The first-order chi connectivity index (χ1) is 8.79. The largest absolute Gasteiger partial charge is 0.417 e. The molecule has 0 saturated carbocycles. The first kappa shape index (κ1) is 14.3. The van der Waals surface area contributed by atoms with E-state index < -0.39 is 11.7 Å². The average Bonchev–Trinajstić information content (AvgIpc) is 2.76. The van der Waals surface area contributed by atoms with Crippen molar-refractivity contribution < 1.29 is 18.0 Å². The van der Waals surface area contributed by atoms with E-state index in [1.54, 1.807) is 0 Å². The monoisotopic (exact) mass is 292 g/mol. The van der Waals surface area contributed by atoms with Gasteiger partial charge in [-0.3, -0.25) is 4.79 Å². The Morgan fingerprint density at radius 1 is 1.37 bits per heavy atom. The zero-order valence-corrected chi connectivity index (χ0v) is 10.8. The van der Waals surface area contributed by atoms with E-state index in [0.717, 1.165) is 6.07 Å². The molecule has 1 heterocycles. The molecular weight excluding hydrogens is 281 g/mol. The van der Waals surface area contributed by atoms with Crippen LogP contribution in [-0.2, 0) is 11.0 Å². The van der Waals surface area contributed by atoms with E-state index in [9.17, 15) is 18.0 Å². The fraction of sp³-hybridized carbons (Fsp3) is 0.417. The van der Waals surface area contributed by atoms with Crippen LogP contribution in [0.4, 0.5) is 13.2 Å². The predicted octanol–water partition coefficient (Wildman–Crippen LogP) is 2.86. The minimum Gasteiger partial charge on any atom is -0.298 e. The van der Waals surface area contributed by atoms with Gasteiger partial charge in [0.2, 0.25) is 0 Å². The highest BCUT2D eigenvalue weighted by Gasteiger charge is 2.34. The van der Waals surface area contributed by atoms with Crippen LogP contribution in [0.3, 0.4) is 0 Å². The summed E-state index contributed by atoms with van der Waals surface area (Å²) in [6.45, 7) is 1.46. The third kappa shape index (κ3) is 3.08. The van der Waals surface area contributed by atoms with Gasteiger partial charge in [0.1, 0.15) is 5.78 Å². The second-order valence-electron chi connectivity index (χ2n) is 4.48. The quantitative estimate of drug-likeness (QED) is 0.881. The Bertz CT molecular complexity index is 504. The number of hydrogen-bond acceptors (Lipinski definition) is 3. The van der Waals surface area contributed by atoms with Crippen LogP contribution in [0.25, 0.3) is 0 Å². The maximum Gasteiger partial charge on any atom is 0.417 e. The number of benzene rings is 1. The van der Waals surface area contributed by atoms with Crippen LogP contribution >= 0.6 is 11.6 Å². The Morgan fingerprint density at radius 2 is 2.05 bits per heavy atom. The van der Waals surface area contributed by atoms with E-state index in [-0.39, 0.29) is 22.9 Å². The van der Waals surface area contributed by atoms with Crippen molar-refractivity contribution in [1.82, 2.24) is 10.9 Å². The van der Waals surface area contributed by atoms with Crippen molar-refractivity contribution in [2.45, 2.75) is 31.6 Å². The van der Waals surface area contributed by atoms with E-state index in [4.69, 9.17) is 11.6 Å². The smallest absolute Gasteiger partial charge is 0.298 e. The highest BCUT2D eigenvalue weighted by molar-refractivity contribution is 6.31. The van der Waals surface area contributed by atoms with Gasteiger partial charge in [0.15, 0.2) is 0 Å². The number of carbonyl (C=O) groups is 1. The molecule has 0 amide bonds. The molecule has 0 spiro atoms. The van der Waals surface area contributed by atoms with E-state index in [1.165, 1.54) is 19.1 Å². The SMILES string of the molecule is CC(=O)C1CC(c2ccc(C(F)(F)F)c(Cl)c2)NN1. The lowest BCUT2D eigenvalue weighted by Crippen LogP contribution is -2.35. The number of ketones is 1. The fourth-order valence-corrected chi connectivity index (χ4v) is 2.32. The lowest BCUT2D eigenvalue weighted by Gasteiger charge is -2.13. The normalized spacial score (nSPS) is 23.6. The van der Waals surface area contributed by atoms with Gasteiger partial charge in [-0.25, -0.2) is 10.9 Å². The number of nitrogens with one attached hydrogen (secondary N) is 2. The summed E-state index contributed by atoms with van der Waals surface area (Å²) in [6.07, 6.45) is -3.98. The summed E-state index contributed by atoms with van der Waals surface area (Å²) < 4.78 is 37.7. The molecule has 2 rings (SSSR count). The number of halogens is 4. The summed E-state index contributed by atoms with van der Waals surface area (Å²) in [7, 11) is 0. The number of carbonyl (C=O) groups excluding carboxylic acids is 1. The number of rotatable bonds is 2. The maximum absolute atomic E-state index is 12.6. The van der Waals surface area contributed by atoms with Crippen molar-refractivity contribution in [3.63, 3.8) is 0 Å². The standard InChI is InChI=1S/C12H12ClF3N2O/c1-6(19)10-5-11(18-17-10)7-2-3-8(9(13)4-7)12(14,15)16/h2-4,10-11,17-18H,5H2,1H3. The summed E-state index contributed by atoms with van der Waals surface area (Å²) in [5.74, 6) is -0.0204. The van der Waals surface area contributed by atoms with E-state index >= 15 is 0 Å². The Hall–Kier alpha value is -1.11. The van der Waals surface area contributed by atoms with Crippen LogP contribution in [0.2, 0.25) is 5.02 Å². The van der Waals surface area contributed by atoms with Crippen LogP contribution in [0.1, 0.15) is 30.5 Å². The van der Waals surface area contributed by atoms with Gasteiger partial charge in [-0.1, -0.05) is 17.7 Å². The molecule has 3 nitrogen and oxygen atoms in total. The second kappa shape index (κ2) is 5.11. The fourth-order valence-electron chi connectivity index (χ4n) is 2.02. The van der Waals surface area contributed by atoms with Crippen molar-refractivity contribution in [2.24, 2.45) is 0 Å². The average molecular weight is 293 g/mol. The summed E-state index contributed by atoms with van der Waals surface area (Å²) in [6, 6.07) is 3.06. The lowest BCUT2D eigenvalue weighted by atomic mass is 9.99. The summed E-state index contributed by atoms with van der Waals surface area (Å²) in [5.41, 5.74) is 5.45. The van der Waals surface area contributed by atoms with Gasteiger partial charge < -0.3 is 0 Å². The van der Waals surface area contributed by atoms with Gasteiger partial charge >= 0.3 is 6.18 Å². The maximum atomic E-state index is 12.6. The van der Waals surface area contributed by atoms with E-state index in [1.807, 2.05) is 0 Å².